The second kappa shape index (κ2) is 4.61. The number of esters is 1. The molecule has 0 amide bonds. The van der Waals surface area contributed by atoms with Gasteiger partial charge in [0.2, 0.25) is 0 Å². The van der Waals surface area contributed by atoms with Crippen LogP contribution in [-0.4, -0.2) is 11.6 Å². The monoisotopic (exact) mass is 274 g/mol. The molecule has 2 nitrogen and oxygen atoms in total. The second-order valence-electron chi connectivity index (χ2n) is 7.89. The van der Waals surface area contributed by atoms with Gasteiger partial charge < -0.3 is 4.74 Å². The Labute approximate surface area is 122 Å². The molecule has 0 aromatic carbocycles. The summed E-state index contributed by atoms with van der Waals surface area (Å²) in [5.41, 5.74) is -0.147. The van der Waals surface area contributed by atoms with Gasteiger partial charge in [-0.25, -0.2) is 0 Å². The summed E-state index contributed by atoms with van der Waals surface area (Å²) < 4.78 is 6.18. The largest absolute Gasteiger partial charge is 0.459 e. The Bertz CT molecular complexity index is 409. The van der Waals surface area contributed by atoms with Crippen molar-refractivity contribution in [1.29, 1.82) is 0 Å². The van der Waals surface area contributed by atoms with E-state index in [9.17, 15) is 4.79 Å². The summed E-state index contributed by atoms with van der Waals surface area (Å²) in [5, 5.41) is 0. The fourth-order valence-electron chi connectivity index (χ4n) is 5.59. The Morgan fingerprint density at radius 3 is 2.25 bits per heavy atom. The number of carbonyl (C=O) groups excluding carboxylic acids is 1. The number of carbonyl (C=O) groups is 1. The maximum absolute atomic E-state index is 12.5. The number of hydrogen-bond donors (Lipinski definition) is 0. The van der Waals surface area contributed by atoms with E-state index in [1.165, 1.54) is 32.1 Å². The van der Waals surface area contributed by atoms with Crippen molar-refractivity contribution < 1.29 is 9.53 Å². The van der Waals surface area contributed by atoms with Crippen LogP contribution in [0.25, 0.3) is 0 Å². The third kappa shape index (κ3) is 1.95. The van der Waals surface area contributed by atoms with Crippen LogP contribution in [0.15, 0.2) is 12.2 Å². The topological polar surface area (TPSA) is 26.3 Å². The number of allylic oxidation sites excluding steroid dienone is 2. The van der Waals surface area contributed by atoms with Gasteiger partial charge in [0.05, 0.1) is 5.92 Å². The zero-order valence-corrected chi connectivity index (χ0v) is 12.5. The Morgan fingerprint density at radius 1 is 1.05 bits per heavy atom. The predicted molar refractivity (Wildman–Crippen MR) is 78.0 cm³/mol. The molecular formula is C18H26O2. The molecule has 1 unspecified atom stereocenters. The van der Waals surface area contributed by atoms with E-state index < -0.39 is 0 Å². The average Bonchev–Trinajstić information content (AvgIpc) is 2.45. The van der Waals surface area contributed by atoms with Crippen LogP contribution < -0.4 is 0 Å². The Hall–Kier alpha value is -0.790. The van der Waals surface area contributed by atoms with E-state index in [4.69, 9.17) is 4.74 Å². The molecule has 1 atom stereocenters. The number of hydrogen-bond acceptors (Lipinski definition) is 2. The van der Waals surface area contributed by atoms with Gasteiger partial charge in [0.25, 0.3) is 0 Å². The number of ether oxygens (including phenoxy) is 1. The summed E-state index contributed by atoms with van der Waals surface area (Å²) in [7, 11) is 0. The van der Waals surface area contributed by atoms with E-state index in [-0.39, 0.29) is 17.5 Å². The molecule has 0 spiro atoms. The first-order valence-electron chi connectivity index (χ1n) is 8.53. The van der Waals surface area contributed by atoms with Crippen LogP contribution in [0.3, 0.4) is 0 Å². The summed E-state index contributed by atoms with van der Waals surface area (Å²) in [5.74, 6) is 3.35. The molecule has 4 fully saturated rings. The van der Waals surface area contributed by atoms with Gasteiger partial charge in [0, 0.05) is 0 Å². The maximum Gasteiger partial charge on any atom is 0.309 e. The zero-order chi connectivity index (χ0) is 13.7. The van der Waals surface area contributed by atoms with Crippen molar-refractivity contribution in [3.05, 3.63) is 12.2 Å². The predicted octanol–water partition coefficient (Wildman–Crippen LogP) is 4.10. The van der Waals surface area contributed by atoms with Gasteiger partial charge in [-0.2, -0.15) is 0 Å². The zero-order valence-electron chi connectivity index (χ0n) is 12.5. The standard InChI is InChI=1S/C18H26O2/c1-18(20-17(19)14-5-3-2-4-6-14)15-8-12-7-13(10-15)11-16(18)9-12/h2-3,12-16H,4-11H2,1H3. The van der Waals surface area contributed by atoms with E-state index in [0.29, 0.717) is 11.8 Å². The fourth-order valence-corrected chi connectivity index (χ4v) is 5.59. The van der Waals surface area contributed by atoms with Gasteiger partial charge in [0.15, 0.2) is 0 Å². The van der Waals surface area contributed by atoms with E-state index in [0.717, 1.165) is 31.1 Å². The first-order valence-corrected chi connectivity index (χ1v) is 8.53. The molecule has 20 heavy (non-hydrogen) atoms. The lowest BCUT2D eigenvalue weighted by Gasteiger charge is -2.59. The van der Waals surface area contributed by atoms with Crippen molar-refractivity contribution in [3.8, 4) is 0 Å². The van der Waals surface area contributed by atoms with Crippen LogP contribution in [0.2, 0.25) is 0 Å². The molecule has 110 valence electrons. The molecular weight excluding hydrogens is 248 g/mol. The number of rotatable bonds is 2. The molecule has 0 aromatic rings. The Balaban J connectivity index is 1.49. The van der Waals surface area contributed by atoms with Crippen LogP contribution >= 0.6 is 0 Å². The Kier molecular flexibility index (Phi) is 2.98. The van der Waals surface area contributed by atoms with Crippen molar-refractivity contribution >= 4 is 5.97 Å². The molecule has 4 saturated carbocycles. The lowest BCUT2D eigenvalue weighted by Crippen LogP contribution is -2.58. The fraction of sp³-hybridized carbons (Fsp3) is 0.833. The smallest absolute Gasteiger partial charge is 0.309 e. The lowest BCUT2D eigenvalue weighted by molar-refractivity contribution is -0.207. The second-order valence-corrected chi connectivity index (χ2v) is 7.89. The average molecular weight is 274 g/mol. The van der Waals surface area contributed by atoms with E-state index in [1.807, 2.05) is 0 Å². The molecule has 0 heterocycles. The van der Waals surface area contributed by atoms with Crippen LogP contribution in [0.4, 0.5) is 0 Å². The summed E-state index contributed by atoms with van der Waals surface area (Å²) in [4.78, 5) is 12.5. The quantitative estimate of drug-likeness (QED) is 0.560. The van der Waals surface area contributed by atoms with Crippen LogP contribution in [-0.2, 0) is 9.53 Å². The minimum absolute atomic E-state index is 0.0873. The van der Waals surface area contributed by atoms with Gasteiger partial charge in [-0.1, -0.05) is 12.2 Å². The van der Waals surface area contributed by atoms with Crippen LogP contribution in [0.5, 0.6) is 0 Å². The minimum Gasteiger partial charge on any atom is -0.459 e. The van der Waals surface area contributed by atoms with E-state index in [1.54, 1.807) is 0 Å². The molecule has 0 radical (unpaired) electrons. The highest BCUT2D eigenvalue weighted by molar-refractivity contribution is 5.73. The van der Waals surface area contributed by atoms with Crippen LogP contribution in [0, 0.1) is 29.6 Å². The van der Waals surface area contributed by atoms with Crippen molar-refractivity contribution in [2.45, 2.75) is 63.9 Å². The lowest BCUT2D eigenvalue weighted by atomic mass is 9.50. The summed E-state index contributed by atoms with van der Waals surface area (Å²) in [6.45, 7) is 2.25. The maximum atomic E-state index is 12.5. The molecule has 0 aliphatic heterocycles. The minimum atomic E-state index is -0.147. The normalized spacial score (nSPS) is 49.4. The van der Waals surface area contributed by atoms with Crippen molar-refractivity contribution in [2.24, 2.45) is 29.6 Å². The molecule has 5 rings (SSSR count). The van der Waals surface area contributed by atoms with Crippen molar-refractivity contribution in [3.63, 3.8) is 0 Å². The molecule has 4 bridgehead atoms. The molecule has 0 saturated heterocycles. The highest BCUT2D eigenvalue weighted by Crippen LogP contribution is 2.59. The third-order valence-corrected chi connectivity index (χ3v) is 6.68. The Morgan fingerprint density at radius 2 is 1.70 bits per heavy atom. The van der Waals surface area contributed by atoms with Gasteiger partial charge in [-0.05, 0) is 82.0 Å². The molecule has 2 heteroatoms. The van der Waals surface area contributed by atoms with E-state index in [2.05, 4.69) is 19.1 Å². The van der Waals surface area contributed by atoms with Gasteiger partial charge in [0.1, 0.15) is 5.60 Å². The van der Waals surface area contributed by atoms with Crippen molar-refractivity contribution in [2.75, 3.05) is 0 Å². The SMILES string of the molecule is CC1(OC(=O)C2CC=CCC2)C2CC3CC(C2)CC1C3. The van der Waals surface area contributed by atoms with Crippen molar-refractivity contribution in [1.82, 2.24) is 0 Å². The molecule has 5 aliphatic carbocycles. The summed E-state index contributed by atoms with van der Waals surface area (Å²) >= 11 is 0. The summed E-state index contributed by atoms with van der Waals surface area (Å²) in [6, 6.07) is 0. The van der Waals surface area contributed by atoms with Gasteiger partial charge in [-0.15, -0.1) is 0 Å². The summed E-state index contributed by atoms with van der Waals surface area (Å²) in [6.07, 6.45) is 13.9. The molecule has 5 aliphatic rings. The third-order valence-electron chi connectivity index (χ3n) is 6.68. The van der Waals surface area contributed by atoms with Gasteiger partial charge in [-0.3, -0.25) is 4.79 Å². The highest BCUT2D eigenvalue weighted by Gasteiger charge is 2.57. The molecule has 0 N–H and O–H groups in total. The van der Waals surface area contributed by atoms with Gasteiger partial charge >= 0.3 is 5.97 Å². The first-order chi connectivity index (χ1) is 9.65. The highest BCUT2D eigenvalue weighted by atomic mass is 16.6. The molecule has 0 aromatic heterocycles. The first kappa shape index (κ1) is 12.9. The van der Waals surface area contributed by atoms with E-state index >= 15 is 0 Å². The van der Waals surface area contributed by atoms with Crippen LogP contribution in [0.1, 0.15) is 58.3 Å².